The molecule has 1 rings (SSSR count). The fraction of sp³-hybridized carbons (Fsp3) is 0.589. The Morgan fingerprint density at radius 3 is 1.18 bits per heavy atom. The highest BCUT2D eigenvalue weighted by Gasteiger charge is 2.50. The predicted molar refractivity (Wildman–Crippen MR) is 349 cm³/mol. The number of carboxylic acids is 1. The van der Waals surface area contributed by atoms with Crippen molar-refractivity contribution in [2.45, 2.75) is 263 Å². The van der Waals surface area contributed by atoms with Crippen molar-refractivity contribution in [3.05, 3.63) is 158 Å². The standard InChI is InChI=1S/C73H112O12/c1-4-7-10-13-16-19-22-25-28-31-33-36-38-41-44-47-50-53-56-59-65(74)81-62-64(83-66(75)60-57-54-51-48-45-42-40-37-34-32-29-26-23-20-17-14-11-8-5-2)63-82-73-71(69(78)68(77)70(85-73)72(79)80)84-67(76)61-58-55-52-49-46-43-39-35-30-27-24-21-18-15-12-9-6-3/h7-8,10-11,16-17,19-20,25-30,33-34,36-37,41-42,44-45,50-51,53-54,64,68-71,73,77-78H,4-6,9,12-15,18,21-24,31-32,35,38-40,43,46-49,52,55-63H2,1-3H3,(H,79,80)/b10-7-,11-8-,19-16-,20-17-,28-25-,29-26-,30-27-,36-33-,37-34-,44-41-,45-42-,53-50-,54-51-. The third kappa shape index (κ3) is 48.2. The van der Waals surface area contributed by atoms with Gasteiger partial charge in [0.2, 0.25) is 0 Å². The number of carboxylic acid groups (broad SMARTS) is 1. The topological polar surface area (TPSA) is 175 Å². The number of hydrogen-bond acceptors (Lipinski definition) is 11. The van der Waals surface area contributed by atoms with Crippen LogP contribution in [0, 0.1) is 0 Å². The van der Waals surface area contributed by atoms with E-state index in [4.69, 9.17) is 23.7 Å². The number of carbonyl (C=O) groups is 4. The number of aliphatic carboxylic acids is 1. The van der Waals surface area contributed by atoms with Gasteiger partial charge in [0, 0.05) is 19.3 Å². The molecule has 85 heavy (non-hydrogen) atoms. The van der Waals surface area contributed by atoms with Crippen molar-refractivity contribution in [3.63, 3.8) is 0 Å². The minimum Gasteiger partial charge on any atom is -0.479 e. The molecule has 0 bridgehead atoms. The third-order valence-corrected chi connectivity index (χ3v) is 13.6. The van der Waals surface area contributed by atoms with Crippen LogP contribution in [0.2, 0.25) is 0 Å². The minimum absolute atomic E-state index is 0.0124. The van der Waals surface area contributed by atoms with Crippen LogP contribution >= 0.6 is 0 Å². The van der Waals surface area contributed by atoms with Gasteiger partial charge in [0.25, 0.3) is 0 Å². The van der Waals surface area contributed by atoms with Gasteiger partial charge in [-0.05, 0) is 122 Å². The van der Waals surface area contributed by atoms with E-state index in [1.165, 1.54) is 38.5 Å². The second kappa shape index (κ2) is 58.7. The Morgan fingerprint density at radius 1 is 0.400 bits per heavy atom. The van der Waals surface area contributed by atoms with Crippen LogP contribution in [0.25, 0.3) is 0 Å². The van der Waals surface area contributed by atoms with Crippen LogP contribution in [0.3, 0.4) is 0 Å². The maximum Gasteiger partial charge on any atom is 0.335 e. The molecule has 12 nitrogen and oxygen atoms in total. The average molecular weight is 1180 g/mol. The van der Waals surface area contributed by atoms with Crippen molar-refractivity contribution in [2.75, 3.05) is 13.2 Å². The molecule has 12 heteroatoms. The number of unbranched alkanes of at least 4 members (excludes halogenated alkanes) is 13. The Morgan fingerprint density at radius 2 is 0.765 bits per heavy atom. The van der Waals surface area contributed by atoms with Gasteiger partial charge in [0.1, 0.15) is 18.8 Å². The number of aliphatic hydroxyl groups excluding tert-OH is 2. The molecule has 0 aromatic heterocycles. The molecule has 1 heterocycles. The van der Waals surface area contributed by atoms with E-state index in [1.807, 2.05) is 24.3 Å². The van der Waals surface area contributed by atoms with Gasteiger partial charge in [0.15, 0.2) is 24.6 Å². The smallest absolute Gasteiger partial charge is 0.335 e. The number of hydrogen-bond donors (Lipinski definition) is 3. The lowest BCUT2D eigenvalue weighted by Gasteiger charge is -2.40. The lowest BCUT2D eigenvalue weighted by atomic mass is 9.98. The van der Waals surface area contributed by atoms with Crippen LogP contribution in [-0.4, -0.2) is 89.2 Å². The van der Waals surface area contributed by atoms with Crippen LogP contribution in [0.15, 0.2) is 158 Å². The molecule has 0 saturated carbocycles. The molecule has 0 amide bonds. The van der Waals surface area contributed by atoms with E-state index >= 15 is 0 Å². The monoisotopic (exact) mass is 1180 g/mol. The van der Waals surface area contributed by atoms with E-state index in [9.17, 15) is 34.5 Å². The zero-order valence-corrected chi connectivity index (χ0v) is 52.5. The highest BCUT2D eigenvalue weighted by Crippen LogP contribution is 2.26. The normalized spacial score (nSPS) is 18.5. The number of aliphatic hydroxyl groups is 2. The maximum absolute atomic E-state index is 13.2. The number of esters is 3. The summed E-state index contributed by atoms with van der Waals surface area (Å²) in [6, 6.07) is 0. The average Bonchev–Trinajstić information content (AvgIpc) is 3.46. The van der Waals surface area contributed by atoms with Crippen molar-refractivity contribution < 1.29 is 58.2 Å². The van der Waals surface area contributed by atoms with Gasteiger partial charge in [0.05, 0.1) is 6.61 Å². The molecular weight excluding hydrogens is 1070 g/mol. The summed E-state index contributed by atoms with van der Waals surface area (Å²) in [5.41, 5.74) is 0. The summed E-state index contributed by atoms with van der Waals surface area (Å²) in [5.74, 6) is -3.37. The first kappa shape index (κ1) is 77.4. The first-order valence-corrected chi connectivity index (χ1v) is 32.5. The lowest BCUT2D eigenvalue weighted by molar-refractivity contribution is -0.301. The molecule has 1 fully saturated rings. The molecule has 0 aromatic carbocycles. The predicted octanol–water partition coefficient (Wildman–Crippen LogP) is 17.7. The Labute approximate surface area is 514 Å². The van der Waals surface area contributed by atoms with E-state index in [1.54, 1.807) is 0 Å². The zero-order chi connectivity index (χ0) is 61.7. The van der Waals surface area contributed by atoms with Gasteiger partial charge in [-0.2, -0.15) is 0 Å². The van der Waals surface area contributed by atoms with Crippen molar-refractivity contribution in [1.29, 1.82) is 0 Å². The minimum atomic E-state index is -1.93. The van der Waals surface area contributed by atoms with Crippen LogP contribution in [0.1, 0.15) is 226 Å². The number of allylic oxidation sites excluding steroid dienone is 26. The molecule has 0 aromatic rings. The van der Waals surface area contributed by atoms with Gasteiger partial charge >= 0.3 is 23.9 Å². The molecule has 3 N–H and O–H groups in total. The summed E-state index contributed by atoms with van der Waals surface area (Å²) in [6.07, 6.45) is 73.7. The summed E-state index contributed by atoms with van der Waals surface area (Å²) >= 11 is 0. The van der Waals surface area contributed by atoms with E-state index in [2.05, 4.69) is 154 Å². The fourth-order valence-electron chi connectivity index (χ4n) is 8.71. The van der Waals surface area contributed by atoms with Crippen molar-refractivity contribution >= 4 is 23.9 Å². The van der Waals surface area contributed by atoms with Crippen LogP contribution in [0.4, 0.5) is 0 Å². The largest absolute Gasteiger partial charge is 0.479 e. The number of carbonyl (C=O) groups excluding carboxylic acids is 3. The number of rotatable bonds is 53. The molecule has 476 valence electrons. The zero-order valence-electron chi connectivity index (χ0n) is 52.5. The Bertz CT molecular complexity index is 2080. The maximum atomic E-state index is 13.2. The summed E-state index contributed by atoms with van der Waals surface area (Å²) in [7, 11) is 0. The van der Waals surface area contributed by atoms with Crippen LogP contribution in [-0.2, 0) is 42.9 Å². The van der Waals surface area contributed by atoms with Gasteiger partial charge in [-0.1, -0.05) is 243 Å². The fourth-order valence-corrected chi connectivity index (χ4v) is 8.71. The molecule has 0 radical (unpaired) electrons. The third-order valence-electron chi connectivity index (χ3n) is 13.6. The SMILES string of the molecule is CC/C=C\C/C=C\C/C=C\C/C=C\C/C=C\C/C=C\CCC(=O)OCC(COC1OC(C(=O)O)C(O)C(O)C1OC(=O)CCCCCCCCC/C=C\CCCCCCCC)OC(=O)CC/C=C\C/C=C\C/C=C\C/C=C\C/C=C\C/C=C\CC. The Kier molecular flexibility index (Phi) is 53.4. The quantitative estimate of drug-likeness (QED) is 0.0228. The van der Waals surface area contributed by atoms with Gasteiger partial charge < -0.3 is 39.0 Å². The van der Waals surface area contributed by atoms with Gasteiger partial charge in [-0.15, -0.1) is 0 Å². The second-order valence-electron chi connectivity index (χ2n) is 21.3. The van der Waals surface area contributed by atoms with Crippen molar-refractivity contribution in [3.8, 4) is 0 Å². The Hall–Kier alpha value is -5.66. The molecule has 1 aliphatic rings. The molecule has 6 unspecified atom stereocenters. The van der Waals surface area contributed by atoms with Crippen LogP contribution < -0.4 is 0 Å². The summed E-state index contributed by atoms with van der Waals surface area (Å²) in [5, 5.41) is 31.6. The molecule has 0 aliphatic carbocycles. The first-order chi connectivity index (χ1) is 41.6. The summed E-state index contributed by atoms with van der Waals surface area (Å²) < 4.78 is 28.3. The van der Waals surface area contributed by atoms with Crippen molar-refractivity contribution in [2.24, 2.45) is 0 Å². The van der Waals surface area contributed by atoms with Gasteiger partial charge in [-0.25, -0.2) is 4.79 Å². The molecule has 6 atom stereocenters. The van der Waals surface area contributed by atoms with Gasteiger partial charge in [-0.3, -0.25) is 14.4 Å². The van der Waals surface area contributed by atoms with Crippen LogP contribution in [0.5, 0.6) is 0 Å². The Balaban J connectivity index is 2.78. The van der Waals surface area contributed by atoms with E-state index in [0.717, 1.165) is 116 Å². The van der Waals surface area contributed by atoms with E-state index in [-0.39, 0.29) is 19.3 Å². The van der Waals surface area contributed by atoms with E-state index in [0.29, 0.717) is 32.1 Å². The van der Waals surface area contributed by atoms with E-state index < -0.39 is 73.9 Å². The summed E-state index contributed by atoms with van der Waals surface area (Å²) in [4.78, 5) is 51.3. The number of ether oxygens (including phenoxy) is 5. The lowest BCUT2D eigenvalue weighted by Crippen LogP contribution is -2.61. The first-order valence-electron chi connectivity index (χ1n) is 32.5. The highest BCUT2D eigenvalue weighted by atomic mass is 16.7. The molecule has 0 spiro atoms. The molecule has 1 saturated heterocycles. The molecular formula is C73H112O12. The summed E-state index contributed by atoms with van der Waals surface area (Å²) in [6.45, 7) is 5.63. The second-order valence-corrected chi connectivity index (χ2v) is 21.3. The molecule has 1 aliphatic heterocycles. The highest BCUT2D eigenvalue weighted by molar-refractivity contribution is 5.74. The van der Waals surface area contributed by atoms with Crippen molar-refractivity contribution in [1.82, 2.24) is 0 Å².